The van der Waals surface area contributed by atoms with Gasteiger partial charge in [0.25, 0.3) is 5.91 Å². The first kappa shape index (κ1) is 18.4. The number of rotatable bonds is 3. The molecule has 0 spiro atoms. The van der Waals surface area contributed by atoms with Gasteiger partial charge in [-0.25, -0.2) is 0 Å². The molecular weight excluding hydrogens is 352 g/mol. The van der Waals surface area contributed by atoms with Gasteiger partial charge in [0.1, 0.15) is 0 Å². The maximum atomic E-state index is 13.1. The molecule has 0 unspecified atom stereocenters. The van der Waals surface area contributed by atoms with Crippen LogP contribution in [0.5, 0.6) is 0 Å². The molecule has 142 valence electrons. The summed E-state index contributed by atoms with van der Waals surface area (Å²) in [7, 11) is 0. The maximum absolute atomic E-state index is 13.1. The molecule has 0 bridgehead atoms. The maximum Gasteiger partial charge on any atom is 0.253 e. The predicted molar refractivity (Wildman–Crippen MR) is 114 cm³/mol. The molecule has 0 aromatic heterocycles. The van der Waals surface area contributed by atoms with Crippen molar-refractivity contribution in [2.24, 2.45) is 11.8 Å². The van der Waals surface area contributed by atoms with Gasteiger partial charge in [-0.15, -0.1) is 11.8 Å². The standard InChI is InChI=1S/C23H28N2OS/c1-17-12-18(2)15-25(14-17)23(26)20-8-9-22-21(13-20)24(10-11-27-22)16-19-6-4-3-5-7-19/h3-9,13,17-18H,10-12,14-16H2,1-2H3/t17-,18-/m0/s1. The minimum Gasteiger partial charge on any atom is -0.365 e. The lowest BCUT2D eigenvalue weighted by molar-refractivity contribution is 0.0623. The fourth-order valence-corrected chi connectivity index (χ4v) is 5.42. The largest absolute Gasteiger partial charge is 0.365 e. The van der Waals surface area contributed by atoms with E-state index in [9.17, 15) is 4.79 Å². The minimum atomic E-state index is 0.187. The van der Waals surface area contributed by atoms with Crippen LogP contribution in [0.4, 0.5) is 5.69 Å². The first-order valence-electron chi connectivity index (χ1n) is 9.95. The fraction of sp³-hybridized carbons (Fsp3) is 0.435. The summed E-state index contributed by atoms with van der Waals surface area (Å²) in [6.07, 6.45) is 1.22. The number of hydrogen-bond donors (Lipinski definition) is 0. The zero-order valence-corrected chi connectivity index (χ0v) is 17.0. The van der Waals surface area contributed by atoms with E-state index < -0.39 is 0 Å². The first-order valence-corrected chi connectivity index (χ1v) is 10.9. The highest BCUT2D eigenvalue weighted by Gasteiger charge is 2.27. The van der Waals surface area contributed by atoms with Crippen LogP contribution in [0.25, 0.3) is 0 Å². The number of carbonyl (C=O) groups is 1. The van der Waals surface area contributed by atoms with Crippen LogP contribution >= 0.6 is 11.8 Å². The lowest BCUT2D eigenvalue weighted by atomic mass is 9.91. The normalized spacial score (nSPS) is 22.4. The highest BCUT2D eigenvalue weighted by atomic mass is 32.2. The van der Waals surface area contributed by atoms with E-state index in [-0.39, 0.29) is 5.91 Å². The SMILES string of the molecule is C[C@H]1C[C@H](C)CN(C(=O)c2ccc3c(c2)N(Cc2ccccc2)CCS3)C1. The number of carbonyl (C=O) groups excluding carboxylic acids is 1. The quantitative estimate of drug-likeness (QED) is 0.755. The third-order valence-electron chi connectivity index (χ3n) is 5.54. The topological polar surface area (TPSA) is 23.6 Å². The molecule has 4 rings (SSSR count). The van der Waals surface area contributed by atoms with Gasteiger partial charge in [-0.2, -0.15) is 0 Å². The number of anilines is 1. The van der Waals surface area contributed by atoms with Gasteiger partial charge in [-0.1, -0.05) is 44.2 Å². The average Bonchev–Trinajstić information content (AvgIpc) is 2.67. The van der Waals surface area contributed by atoms with Crippen LogP contribution in [-0.4, -0.2) is 36.2 Å². The highest BCUT2D eigenvalue weighted by Crippen LogP contribution is 2.36. The molecule has 0 N–H and O–H groups in total. The molecule has 27 heavy (non-hydrogen) atoms. The molecule has 2 aromatic rings. The second-order valence-corrected chi connectivity index (χ2v) is 9.23. The monoisotopic (exact) mass is 380 g/mol. The van der Waals surface area contributed by atoms with Crippen molar-refractivity contribution in [2.75, 3.05) is 30.3 Å². The summed E-state index contributed by atoms with van der Waals surface area (Å²) in [4.78, 5) is 18.9. The summed E-state index contributed by atoms with van der Waals surface area (Å²) in [6, 6.07) is 16.9. The molecule has 4 heteroatoms. The Balaban J connectivity index is 1.57. The van der Waals surface area contributed by atoms with Crippen molar-refractivity contribution in [1.82, 2.24) is 4.90 Å². The minimum absolute atomic E-state index is 0.187. The van der Waals surface area contributed by atoms with Crippen molar-refractivity contribution in [3.8, 4) is 0 Å². The van der Waals surface area contributed by atoms with Crippen LogP contribution in [-0.2, 0) is 6.54 Å². The van der Waals surface area contributed by atoms with Crippen molar-refractivity contribution in [3.05, 3.63) is 59.7 Å². The van der Waals surface area contributed by atoms with E-state index in [0.717, 1.165) is 37.5 Å². The lowest BCUT2D eigenvalue weighted by Gasteiger charge is -2.36. The molecule has 2 atom stereocenters. The molecule has 2 heterocycles. The van der Waals surface area contributed by atoms with Gasteiger partial charge >= 0.3 is 0 Å². The first-order chi connectivity index (χ1) is 13.1. The fourth-order valence-electron chi connectivity index (χ4n) is 4.39. The van der Waals surface area contributed by atoms with Gasteiger partial charge in [0.2, 0.25) is 0 Å². The smallest absolute Gasteiger partial charge is 0.253 e. The summed E-state index contributed by atoms with van der Waals surface area (Å²) in [5.41, 5.74) is 3.35. The molecule has 0 aliphatic carbocycles. The van der Waals surface area contributed by atoms with E-state index in [2.05, 4.69) is 66.1 Å². The van der Waals surface area contributed by atoms with Crippen molar-refractivity contribution in [1.29, 1.82) is 0 Å². The van der Waals surface area contributed by atoms with Crippen molar-refractivity contribution in [3.63, 3.8) is 0 Å². The van der Waals surface area contributed by atoms with E-state index in [1.807, 2.05) is 17.8 Å². The molecule has 1 saturated heterocycles. The number of likely N-dealkylation sites (tertiary alicyclic amines) is 1. The van der Waals surface area contributed by atoms with Gasteiger partial charge in [0.05, 0.1) is 5.69 Å². The van der Waals surface area contributed by atoms with Gasteiger partial charge in [0, 0.05) is 42.4 Å². The van der Waals surface area contributed by atoms with Crippen LogP contribution in [0.1, 0.15) is 36.2 Å². The molecule has 1 amide bonds. The Morgan fingerprint density at radius 1 is 1.07 bits per heavy atom. The van der Waals surface area contributed by atoms with E-state index in [4.69, 9.17) is 0 Å². The summed E-state index contributed by atoms with van der Waals surface area (Å²) < 4.78 is 0. The summed E-state index contributed by atoms with van der Waals surface area (Å²) >= 11 is 1.89. The number of thioether (sulfide) groups is 1. The zero-order chi connectivity index (χ0) is 18.8. The Kier molecular flexibility index (Phi) is 5.44. The van der Waals surface area contributed by atoms with Gasteiger partial charge < -0.3 is 9.80 Å². The zero-order valence-electron chi connectivity index (χ0n) is 16.2. The van der Waals surface area contributed by atoms with E-state index in [0.29, 0.717) is 11.8 Å². The third-order valence-corrected chi connectivity index (χ3v) is 6.58. The van der Waals surface area contributed by atoms with E-state index >= 15 is 0 Å². The molecule has 2 aromatic carbocycles. The van der Waals surface area contributed by atoms with E-state index in [1.165, 1.54) is 22.6 Å². The Morgan fingerprint density at radius 2 is 1.81 bits per heavy atom. The molecule has 0 radical (unpaired) electrons. The molecule has 0 saturated carbocycles. The number of hydrogen-bond acceptors (Lipinski definition) is 3. The number of nitrogens with zero attached hydrogens (tertiary/aromatic N) is 2. The highest BCUT2D eigenvalue weighted by molar-refractivity contribution is 7.99. The van der Waals surface area contributed by atoms with Crippen LogP contribution in [0, 0.1) is 11.8 Å². The van der Waals surface area contributed by atoms with Crippen molar-refractivity contribution < 1.29 is 4.79 Å². The summed E-state index contributed by atoms with van der Waals surface area (Å²) in [5.74, 6) is 2.45. The summed E-state index contributed by atoms with van der Waals surface area (Å²) in [5, 5.41) is 0. The lowest BCUT2D eigenvalue weighted by Crippen LogP contribution is -2.42. The second-order valence-electron chi connectivity index (χ2n) is 8.09. The Hall–Kier alpha value is -1.94. The number of piperidine rings is 1. The molecule has 3 nitrogen and oxygen atoms in total. The number of benzene rings is 2. The van der Waals surface area contributed by atoms with Crippen molar-refractivity contribution >= 4 is 23.4 Å². The third kappa shape index (κ3) is 4.16. The van der Waals surface area contributed by atoms with Crippen LogP contribution in [0.2, 0.25) is 0 Å². The van der Waals surface area contributed by atoms with Crippen LogP contribution in [0.3, 0.4) is 0 Å². The molecular formula is C23H28N2OS. The number of fused-ring (bicyclic) bond motifs is 1. The summed E-state index contributed by atoms with van der Waals surface area (Å²) in [6.45, 7) is 8.17. The van der Waals surface area contributed by atoms with Crippen molar-refractivity contribution in [2.45, 2.75) is 31.7 Å². The average molecular weight is 381 g/mol. The van der Waals surface area contributed by atoms with Gasteiger partial charge in [0.15, 0.2) is 0 Å². The molecule has 2 aliphatic heterocycles. The van der Waals surface area contributed by atoms with E-state index in [1.54, 1.807) is 0 Å². The Morgan fingerprint density at radius 3 is 2.56 bits per heavy atom. The Bertz CT molecular complexity index is 797. The molecule has 2 aliphatic rings. The van der Waals surface area contributed by atoms with Gasteiger partial charge in [-0.05, 0) is 42.0 Å². The number of amides is 1. The van der Waals surface area contributed by atoms with Crippen LogP contribution < -0.4 is 4.90 Å². The van der Waals surface area contributed by atoms with Gasteiger partial charge in [-0.3, -0.25) is 4.79 Å². The molecule has 1 fully saturated rings. The van der Waals surface area contributed by atoms with Crippen LogP contribution in [0.15, 0.2) is 53.4 Å². The second kappa shape index (κ2) is 7.97. The Labute approximate surface area is 166 Å². The predicted octanol–water partition coefficient (Wildman–Crippen LogP) is 4.92.